The summed E-state index contributed by atoms with van der Waals surface area (Å²) in [5, 5.41) is 28.9. The Kier molecular flexibility index (Phi) is 7.97. The van der Waals surface area contributed by atoms with Gasteiger partial charge >= 0.3 is 11.7 Å². The first kappa shape index (κ1) is 20.3. The number of aliphatic hydroxyl groups is 1. The standard InChI is InChI=1S/C19H30N2O5/c22-16(14-8-4-3-5-9-14)12-13-21-15(18(25)20-19(21)26)10-6-1-2-7-11-17(23)24/h1,6,14,16,22,25H,2-5,7-13H2,(H,20,26)(H,23,24). The first-order valence-electron chi connectivity index (χ1n) is 9.54. The van der Waals surface area contributed by atoms with Crippen molar-refractivity contribution in [2.45, 2.75) is 76.9 Å². The lowest BCUT2D eigenvalue weighted by Crippen LogP contribution is -2.27. The highest BCUT2D eigenvalue weighted by Gasteiger charge is 2.22. The molecule has 7 heteroatoms. The van der Waals surface area contributed by atoms with Crippen molar-refractivity contribution in [1.29, 1.82) is 0 Å². The number of rotatable bonds is 10. The number of carboxylic acids is 1. The monoisotopic (exact) mass is 366 g/mol. The number of nitrogens with one attached hydrogen (secondary N) is 1. The first-order valence-corrected chi connectivity index (χ1v) is 9.54. The molecule has 146 valence electrons. The van der Waals surface area contributed by atoms with Crippen LogP contribution in [0.2, 0.25) is 0 Å². The fraction of sp³-hybridized carbons (Fsp3) is 0.684. The molecule has 7 nitrogen and oxygen atoms in total. The van der Waals surface area contributed by atoms with Crippen LogP contribution in [0.3, 0.4) is 0 Å². The molecule has 0 bridgehead atoms. The quantitative estimate of drug-likeness (QED) is 0.375. The maximum absolute atomic E-state index is 12.0. The Morgan fingerprint density at radius 3 is 2.69 bits per heavy atom. The molecule has 0 radical (unpaired) electrons. The minimum atomic E-state index is -0.813. The summed E-state index contributed by atoms with van der Waals surface area (Å²) in [6.45, 7) is 0.371. The third-order valence-electron chi connectivity index (χ3n) is 5.15. The van der Waals surface area contributed by atoms with Gasteiger partial charge in [0.15, 0.2) is 0 Å². The SMILES string of the molecule is O=C(O)CCCC=CCc1c(O)[nH]c(=O)n1CCC(O)C1CCCCC1. The first-order chi connectivity index (χ1) is 12.5. The third-order valence-corrected chi connectivity index (χ3v) is 5.15. The van der Waals surface area contributed by atoms with Crippen LogP contribution < -0.4 is 5.69 Å². The molecule has 1 heterocycles. The van der Waals surface area contributed by atoms with Crippen LogP contribution in [-0.2, 0) is 17.8 Å². The molecule has 1 aliphatic rings. The number of allylic oxidation sites excluding steroid dienone is 2. The second kappa shape index (κ2) is 10.2. The number of hydrogen-bond acceptors (Lipinski definition) is 4. The van der Waals surface area contributed by atoms with Crippen LogP contribution in [-0.4, -0.2) is 36.9 Å². The molecule has 4 N–H and O–H groups in total. The zero-order valence-corrected chi connectivity index (χ0v) is 15.2. The van der Waals surface area contributed by atoms with E-state index in [4.69, 9.17) is 5.11 Å². The van der Waals surface area contributed by atoms with E-state index in [0.29, 0.717) is 43.8 Å². The number of H-pyrrole nitrogens is 1. The number of aromatic amines is 1. The molecule has 1 aromatic heterocycles. The molecule has 0 aromatic carbocycles. The molecule has 0 aliphatic heterocycles. The molecule has 1 unspecified atom stereocenters. The smallest absolute Gasteiger partial charge is 0.328 e. The van der Waals surface area contributed by atoms with Crippen molar-refractivity contribution in [3.05, 3.63) is 28.3 Å². The van der Waals surface area contributed by atoms with Crippen molar-refractivity contribution in [3.8, 4) is 5.88 Å². The second-order valence-corrected chi connectivity index (χ2v) is 7.09. The predicted molar refractivity (Wildman–Crippen MR) is 98.2 cm³/mol. The summed E-state index contributed by atoms with van der Waals surface area (Å²) < 4.78 is 1.49. The van der Waals surface area contributed by atoms with E-state index in [9.17, 15) is 19.8 Å². The number of unbranched alkanes of at least 4 members (excludes halogenated alkanes) is 1. The highest BCUT2D eigenvalue weighted by Crippen LogP contribution is 2.28. The Bertz CT molecular complexity index is 655. The highest BCUT2D eigenvalue weighted by molar-refractivity contribution is 5.66. The average molecular weight is 366 g/mol. The number of imidazole rings is 1. The Balaban J connectivity index is 1.88. The molecule has 0 saturated heterocycles. The Hall–Kier alpha value is -2.02. The molecular weight excluding hydrogens is 336 g/mol. The van der Waals surface area contributed by atoms with Crippen molar-refractivity contribution in [2.24, 2.45) is 5.92 Å². The zero-order chi connectivity index (χ0) is 18.9. The van der Waals surface area contributed by atoms with Gasteiger partial charge in [-0.25, -0.2) is 4.79 Å². The number of aliphatic hydroxyl groups excluding tert-OH is 1. The fourth-order valence-corrected chi connectivity index (χ4v) is 3.63. The van der Waals surface area contributed by atoms with Gasteiger partial charge in [0.05, 0.1) is 11.8 Å². The van der Waals surface area contributed by atoms with Crippen LogP contribution in [0.4, 0.5) is 0 Å². The van der Waals surface area contributed by atoms with Gasteiger partial charge in [-0.05, 0) is 38.0 Å². The van der Waals surface area contributed by atoms with E-state index in [1.807, 2.05) is 12.2 Å². The second-order valence-electron chi connectivity index (χ2n) is 7.09. The van der Waals surface area contributed by atoms with E-state index in [-0.39, 0.29) is 18.0 Å². The Labute approximate surface area is 153 Å². The van der Waals surface area contributed by atoms with Gasteiger partial charge in [0.1, 0.15) is 0 Å². The van der Waals surface area contributed by atoms with Crippen molar-refractivity contribution in [1.82, 2.24) is 9.55 Å². The molecule has 1 atom stereocenters. The maximum atomic E-state index is 12.0. The van der Waals surface area contributed by atoms with Crippen LogP contribution in [0.25, 0.3) is 0 Å². The normalized spacial score (nSPS) is 17.0. The van der Waals surface area contributed by atoms with Gasteiger partial charge in [-0.1, -0.05) is 31.4 Å². The topological polar surface area (TPSA) is 116 Å². The summed E-state index contributed by atoms with van der Waals surface area (Å²) in [5.74, 6) is -0.644. The van der Waals surface area contributed by atoms with Gasteiger partial charge in [0.2, 0.25) is 5.88 Å². The summed E-state index contributed by atoms with van der Waals surface area (Å²) in [5.41, 5.74) is 0.132. The number of aliphatic carboxylic acids is 1. The fourth-order valence-electron chi connectivity index (χ4n) is 3.63. The molecule has 0 amide bonds. The predicted octanol–water partition coefficient (Wildman–Crippen LogP) is 2.57. The zero-order valence-electron chi connectivity index (χ0n) is 15.2. The van der Waals surface area contributed by atoms with Crippen molar-refractivity contribution < 1.29 is 20.1 Å². The van der Waals surface area contributed by atoms with Crippen molar-refractivity contribution >= 4 is 5.97 Å². The lowest BCUT2D eigenvalue weighted by atomic mass is 9.84. The van der Waals surface area contributed by atoms with E-state index in [2.05, 4.69) is 4.98 Å². The summed E-state index contributed by atoms with van der Waals surface area (Å²) in [6.07, 6.45) is 11.1. The van der Waals surface area contributed by atoms with E-state index in [0.717, 1.165) is 25.7 Å². The summed E-state index contributed by atoms with van der Waals surface area (Å²) in [6, 6.07) is 0. The average Bonchev–Trinajstić information content (AvgIpc) is 2.89. The van der Waals surface area contributed by atoms with Crippen LogP contribution in [0.5, 0.6) is 5.88 Å². The molecule has 1 saturated carbocycles. The minimum absolute atomic E-state index is 0.128. The number of nitrogens with zero attached hydrogens (tertiary/aromatic N) is 1. The lowest BCUT2D eigenvalue weighted by molar-refractivity contribution is -0.137. The molecule has 26 heavy (non-hydrogen) atoms. The van der Waals surface area contributed by atoms with Gasteiger partial charge < -0.3 is 15.3 Å². The maximum Gasteiger partial charge on any atom is 0.328 e. The number of aromatic hydroxyl groups is 1. The molecule has 1 aromatic rings. The van der Waals surface area contributed by atoms with Gasteiger partial charge in [-0.3, -0.25) is 14.3 Å². The van der Waals surface area contributed by atoms with Crippen molar-refractivity contribution in [2.75, 3.05) is 0 Å². The molecule has 0 spiro atoms. The van der Waals surface area contributed by atoms with Gasteiger partial charge in [0, 0.05) is 19.4 Å². The number of carboxylic acid groups (broad SMARTS) is 1. The summed E-state index contributed by atoms with van der Waals surface area (Å²) in [7, 11) is 0. The Morgan fingerprint density at radius 2 is 2.00 bits per heavy atom. The van der Waals surface area contributed by atoms with E-state index < -0.39 is 12.1 Å². The molecular formula is C19H30N2O5. The van der Waals surface area contributed by atoms with Crippen LogP contribution in [0.1, 0.15) is 63.5 Å². The molecule has 1 fully saturated rings. The van der Waals surface area contributed by atoms with Crippen LogP contribution >= 0.6 is 0 Å². The number of hydrogen-bond donors (Lipinski definition) is 4. The van der Waals surface area contributed by atoms with E-state index in [1.54, 1.807) is 0 Å². The van der Waals surface area contributed by atoms with Gasteiger partial charge in [-0.2, -0.15) is 0 Å². The highest BCUT2D eigenvalue weighted by atomic mass is 16.4. The third kappa shape index (κ3) is 6.05. The summed E-state index contributed by atoms with van der Waals surface area (Å²) in [4.78, 5) is 24.9. The van der Waals surface area contributed by atoms with Gasteiger partial charge in [0.25, 0.3) is 0 Å². The molecule has 2 rings (SSSR count). The molecule has 1 aliphatic carbocycles. The largest absolute Gasteiger partial charge is 0.493 e. The number of aromatic nitrogens is 2. The van der Waals surface area contributed by atoms with Crippen LogP contribution in [0, 0.1) is 5.92 Å². The Morgan fingerprint density at radius 1 is 1.27 bits per heavy atom. The van der Waals surface area contributed by atoms with Crippen molar-refractivity contribution in [3.63, 3.8) is 0 Å². The summed E-state index contributed by atoms with van der Waals surface area (Å²) >= 11 is 0. The van der Waals surface area contributed by atoms with E-state index >= 15 is 0 Å². The van der Waals surface area contributed by atoms with E-state index in [1.165, 1.54) is 11.0 Å². The number of carbonyl (C=O) groups is 1. The van der Waals surface area contributed by atoms with Gasteiger partial charge in [-0.15, -0.1) is 0 Å². The van der Waals surface area contributed by atoms with Crippen LogP contribution in [0.15, 0.2) is 16.9 Å². The minimum Gasteiger partial charge on any atom is -0.493 e. The lowest BCUT2D eigenvalue weighted by Gasteiger charge is -2.26.